The lowest BCUT2D eigenvalue weighted by atomic mass is 9.89. The van der Waals surface area contributed by atoms with Gasteiger partial charge >= 0.3 is 0 Å². The molecule has 4 heteroatoms. The fraction of sp³-hybridized carbons (Fsp3) is 0.923. The summed E-state index contributed by atoms with van der Waals surface area (Å²) in [6, 6.07) is 0.542. The third-order valence-electron chi connectivity index (χ3n) is 4.00. The molecule has 1 amide bonds. The number of carbonyl (C=O) groups excluding carboxylic acids is 1. The Bertz CT molecular complexity index is 278. The summed E-state index contributed by atoms with van der Waals surface area (Å²) in [6.45, 7) is 5.44. The van der Waals surface area contributed by atoms with Crippen LogP contribution in [0.2, 0.25) is 0 Å². The number of nitrogens with two attached hydrogens (primary N) is 1. The van der Waals surface area contributed by atoms with Crippen molar-refractivity contribution in [2.45, 2.75) is 57.0 Å². The zero-order valence-corrected chi connectivity index (χ0v) is 10.9. The van der Waals surface area contributed by atoms with Crippen molar-refractivity contribution in [3.05, 3.63) is 0 Å². The fourth-order valence-corrected chi connectivity index (χ4v) is 2.81. The van der Waals surface area contributed by atoms with E-state index in [4.69, 9.17) is 5.73 Å². The summed E-state index contributed by atoms with van der Waals surface area (Å²) < 4.78 is 0. The first-order valence-corrected chi connectivity index (χ1v) is 6.96. The molecule has 1 aliphatic heterocycles. The van der Waals surface area contributed by atoms with Gasteiger partial charge in [-0.15, -0.1) is 0 Å². The molecule has 0 spiro atoms. The SMILES string of the molecule is CCCN1CCCC(NC2CC2)(C(N)=O)CC1. The van der Waals surface area contributed by atoms with Gasteiger partial charge in [-0.2, -0.15) is 0 Å². The Hall–Kier alpha value is -0.610. The van der Waals surface area contributed by atoms with Crippen molar-refractivity contribution in [2.75, 3.05) is 19.6 Å². The number of rotatable bonds is 5. The Labute approximate surface area is 104 Å². The predicted molar refractivity (Wildman–Crippen MR) is 68.7 cm³/mol. The highest BCUT2D eigenvalue weighted by atomic mass is 16.1. The zero-order valence-electron chi connectivity index (χ0n) is 10.9. The van der Waals surface area contributed by atoms with Gasteiger partial charge in [-0.25, -0.2) is 0 Å². The second-order valence-electron chi connectivity index (χ2n) is 5.56. The number of amides is 1. The number of carbonyl (C=O) groups is 1. The highest BCUT2D eigenvalue weighted by molar-refractivity contribution is 5.84. The average Bonchev–Trinajstić information content (AvgIpc) is 3.09. The monoisotopic (exact) mass is 239 g/mol. The van der Waals surface area contributed by atoms with E-state index in [2.05, 4.69) is 17.1 Å². The lowest BCUT2D eigenvalue weighted by molar-refractivity contribution is -0.125. The van der Waals surface area contributed by atoms with E-state index in [0.29, 0.717) is 6.04 Å². The molecule has 1 heterocycles. The number of likely N-dealkylation sites (tertiary alicyclic amines) is 1. The predicted octanol–water partition coefficient (Wildman–Crippen LogP) is 0.858. The van der Waals surface area contributed by atoms with Gasteiger partial charge in [-0.3, -0.25) is 4.79 Å². The number of hydrogen-bond donors (Lipinski definition) is 2. The van der Waals surface area contributed by atoms with Gasteiger partial charge in [-0.05, 0) is 51.6 Å². The van der Waals surface area contributed by atoms with E-state index in [1.165, 1.54) is 19.3 Å². The minimum atomic E-state index is -0.427. The van der Waals surface area contributed by atoms with Crippen LogP contribution < -0.4 is 11.1 Å². The van der Waals surface area contributed by atoms with Crippen LogP contribution in [0.3, 0.4) is 0 Å². The highest BCUT2D eigenvalue weighted by Crippen LogP contribution is 2.29. The minimum absolute atomic E-state index is 0.150. The van der Waals surface area contributed by atoms with Crippen LogP contribution >= 0.6 is 0 Å². The molecule has 0 bridgehead atoms. The molecule has 0 aromatic rings. The molecule has 0 aromatic heterocycles. The molecule has 1 saturated carbocycles. The van der Waals surface area contributed by atoms with Crippen LogP contribution in [0.25, 0.3) is 0 Å². The highest BCUT2D eigenvalue weighted by Gasteiger charge is 2.41. The van der Waals surface area contributed by atoms with Gasteiger partial charge in [-0.1, -0.05) is 6.92 Å². The molecule has 2 aliphatic rings. The van der Waals surface area contributed by atoms with Crippen molar-refractivity contribution in [3.8, 4) is 0 Å². The van der Waals surface area contributed by atoms with Crippen molar-refractivity contribution in [2.24, 2.45) is 5.73 Å². The number of nitrogens with zero attached hydrogens (tertiary/aromatic N) is 1. The third kappa shape index (κ3) is 3.19. The largest absolute Gasteiger partial charge is 0.368 e. The van der Waals surface area contributed by atoms with E-state index in [1.54, 1.807) is 0 Å². The minimum Gasteiger partial charge on any atom is -0.368 e. The summed E-state index contributed by atoms with van der Waals surface area (Å²) in [4.78, 5) is 14.3. The number of hydrogen-bond acceptors (Lipinski definition) is 3. The van der Waals surface area contributed by atoms with Crippen molar-refractivity contribution < 1.29 is 4.79 Å². The topological polar surface area (TPSA) is 58.4 Å². The smallest absolute Gasteiger partial charge is 0.237 e. The van der Waals surface area contributed by atoms with Crippen molar-refractivity contribution in [1.29, 1.82) is 0 Å². The van der Waals surface area contributed by atoms with E-state index in [1.807, 2.05) is 0 Å². The molecule has 1 aliphatic carbocycles. The van der Waals surface area contributed by atoms with Crippen molar-refractivity contribution in [3.63, 3.8) is 0 Å². The maximum absolute atomic E-state index is 11.8. The van der Waals surface area contributed by atoms with E-state index >= 15 is 0 Å². The third-order valence-corrected chi connectivity index (χ3v) is 4.00. The summed E-state index contributed by atoms with van der Waals surface area (Å²) in [7, 11) is 0. The van der Waals surface area contributed by atoms with Gasteiger partial charge < -0.3 is 16.0 Å². The van der Waals surface area contributed by atoms with E-state index in [9.17, 15) is 4.79 Å². The van der Waals surface area contributed by atoms with Crippen molar-refractivity contribution in [1.82, 2.24) is 10.2 Å². The number of primary amides is 1. The molecule has 3 N–H and O–H groups in total. The molecule has 0 aromatic carbocycles. The van der Waals surface area contributed by atoms with Gasteiger partial charge in [0.2, 0.25) is 5.91 Å². The average molecular weight is 239 g/mol. The summed E-state index contributed by atoms with van der Waals surface area (Å²) in [5, 5.41) is 3.51. The summed E-state index contributed by atoms with van der Waals surface area (Å²) in [5.74, 6) is -0.150. The van der Waals surface area contributed by atoms with Crippen LogP contribution in [-0.2, 0) is 4.79 Å². The molecule has 2 fully saturated rings. The second kappa shape index (κ2) is 5.36. The van der Waals surface area contributed by atoms with Gasteiger partial charge in [0.05, 0.1) is 5.54 Å². The van der Waals surface area contributed by atoms with E-state index < -0.39 is 5.54 Å². The van der Waals surface area contributed by atoms with Crippen molar-refractivity contribution >= 4 is 5.91 Å². The molecule has 1 saturated heterocycles. The summed E-state index contributed by atoms with van der Waals surface area (Å²) >= 11 is 0. The molecular weight excluding hydrogens is 214 g/mol. The zero-order chi connectivity index (χ0) is 12.3. The summed E-state index contributed by atoms with van der Waals surface area (Å²) in [5.41, 5.74) is 5.22. The Morgan fingerprint density at radius 1 is 1.41 bits per heavy atom. The molecule has 0 radical (unpaired) electrons. The first-order chi connectivity index (χ1) is 8.16. The van der Waals surface area contributed by atoms with Crippen LogP contribution in [0.4, 0.5) is 0 Å². The molecule has 4 nitrogen and oxygen atoms in total. The summed E-state index contributed by atoms with van der Waals surface area (Å²) in [6.07, 6.45) is 6.43. The Morgan fingerprint density at radius 2 is 2.18 bits per heavy atom. The van der Waals surface area contributed by atoms with Gasteiger partial charge in [0.25, 0.3) is 0 Å². The standard InChI is InChI=1S/C13H25N3O/c1-2-8-16-9-3-6-13(7-10-16,12(14)17)15-11-4-5-11/h11,15H,2-10H2,1H3,(H2,14,17). The number of nitrogens with one attached hydrogen (secondary N) is 1. The molecule has 2 rings (SSSR count). The lowest BCUT2D eigenvalue weighted by Crippen LogP contribution is -2.56. The first-order valence-electron chi connectivity index (χ1n) is 6.96. The van der Waals surface area contributed by atoms with Crippen LogP contribution in [0.5, 0.6) is 0 Å². The van der Waals surface area contributed by atoms with Crippen LogP contribution in [0.1, 0.15) is 45.4 Å². The lowest BCUT2D eigenvalue weighted by Gasteiger charge is -2.31. The fourth-order valence-electron chi connectivity index (χ4n) is 2.81. The maximum Gasteiger partial charge on any atom is 0.237 e. The quantitative estimate of drug-likeness (QED) is 0.748. The Balaban J connectivity index is 1.98. The van der Waals surface area contributed by atoms with E-state index in [0.717, 1.165) is 38.9 Å². The molecule has 1 atom stereocenters. The maximum atomic E-state index is 11.8. The van der Waals surface area contributed by atoms with Crippen LogP contribution in [0, 0.1) is 0 Å². The van der Waals surface area contributed by atoms with Gasteiger partial charge in [0.15, 0.2) is 0 Å². The normalized spacial score (nSPS) is 31.1. The van der Waals surface area contributed by atoms with Gasteiger partial charge in [0, 0.05) is 12.6 Å². The first kappa shape index (κ1) is 12.8. The second-order valence-corrected chi connectivity index (χ2v) is 5.56. The Kier molecular flexibility index (Phi) is 4.05. The Morgan fingerprint density at radius 3 is 2.76 bits per heavy atom. The molecular formula is C13H25N3O. The van der Waals surface area contributed by atoms with Gasteiger partial charge in [0.1, 0.15) is 0 Å². The molecule has 1 unspecified atom stereocenters. The van der Waals surface area contributed by atoms with E-state index in [-0.39, 0.29) is 5.91 Å². The van der Waals surface area contributed by atoms with Crippen LogP contribution in [-0.4, -0.2) is 42.0 Å². The molecule has 98 valence electrons. The van der Waals surface area contributed by atoms with Crippen LogP contribution in [0.15, 0.2) is 0 Å². The molecule has 17 heavy (non-hydrogen) atoms.